The number of carbonyl (C=O) groups is 2. The van der Waals surface area contributed by atoms with E-state index in [-0.39, 0.29) is 23.9 Å². The Morgan fingerprint density at radius 1 is 0.917 bits per heavy atom. The molecule has 36 heavy (non-hydrogen) atoms. The van der Waals surface area contributed by atoms with Gasteiger partial charge in [-0.3, -0.25) is 9.78 Å². The molecule has 0 radical (unpaired) electrons. The lowest BCUT2D eigenvalue weighted by Crippen LogP contribution is -3.00. The number of hydrogen-bond acceptors (Lipinski definition) is 3. The van der Waals surface area contributed by atoms with Gasteiger partial charge in [0.1, 0.15) is 5.69 Å². The van der Waals surface area contributed by atoms with Crippen molar-refractivity contribution in [1.82, 2.24) is 4.98 Å². The normalized spacial score (nSPS) is 11.7. The second-order valence-corrected chi connectivity index (χ2v) is 9.02. The Kier molecular flexibility index (Phi) is 9.59. The van der Waals surface area contributed by atoms with Crippen molar-refractivity contribution >= 4 is 35.0 Å². The summed E-state index contributed by atoms with van der Waals surface area (Å²) in [5.74, 6) is -0.929. The highest BCUT2D eigenvalue weighted by Crippen LogP contribution is 2.25. The Morgan fingerprint density at radius 2 is 1.69 bits per heavy atom. The number of carboxylic acid groups (broad SMARTS) is 1. The van der Waals surface area contributed by atoms with Gasteiger partial charge >= 0.3 is 5.97 Å². The molecule has 0 aliphatic heterocycles. The molecule has 2 aromatic heterocycles. The number of ketones is 1. The van der Waals surface area contributed by atoms with Crippen LogP contribution < -0.4 is 17.4 Å². The zero-order valence-electron chi connectivity index (χ0n) is 19.2. The maximum atomic E-state index is 12.3. The van der Waals surface area contributed by atoms with Crippen LogP contribution in [0, 0.1) is 0 Å². The first kappa shape index (κ1) is 27.3. The second kappa shape index (κ2) is 12.6. The SMILES string of the molecule is O=C(O)c1[nH+]cccc1CCc1cccc(Cl)c1.O=C1c2ccc(Cl)cc2CCc2cccnc21.[Cl-]. The molecule has 0 bridgehead atoms. The largest absolute Gasteiger partial charge is 1.00 e. The number of nitrogens with zero attached hydrogens (tertiary/aromatic N) is 1. The van der Waals surface area contributed by atoms with Crippen LogP contribution >= 0.6 is 23.2 Å². The highest BCUT2D eigenvalue weighted by Gasteiger charge is 2.22. The molecule has 1 aliphatic rings. The summed E-state index contributed by atoms with van der Waals surface area (Å²) in [6.45, 7) is 0. The van der Waals surface area contributed by atoms with Crippen molar-refractivity contribution in [3.63, 3.8) is 0 Å². The van der Waals surface area contributed by atoms with Gasteiger partial charge in [0.05, 0.1) is 0 Å². The van der Waals surface area contributed by atoms with E-state index in [2.05, 4.69) is 9.97 Å². The summed E-state index contributed by atoms with van der Waals surface area (Å²) in [4.78, 5) is 30.3. The number of nitrogens with one attached hydrogen (secondary N) is 1. The van der Waals surface area contributed by atoms with E-state index < -0.39 is 5.97 Å². The topological polar surface area (TPSA) is 81.4 Å². The van der Waals surface area contributed by atoms with Crippen LogP contribution in [0.15, 0.2) is 79.1 Å². The first-order valence-electron chi connectivity index (χ1n) is 11.2. The van der Waals surface area contributed by atoms with Crippen LogP contribution in [-0.4, -0.2) is 21.8 Å². The first-order valence-corrected chi connectivity index (χ1v) is 11.9. The Labute approximate surface area is 225 Å². The predicted octanol–water partition coefficient (Wildman–Crippen LogP) is 2.71. The van der Waals surface area contributed by atoms with Crippen LogP contribution in [0.25, 0.3) is 0 Å². The average molecular weight is 542 g/mol. The lowest BCUT2D eigenvalue weighted by molar-refractivity contribution is -0.384. The smallest absolute Gasteiger partial charge is 0.401 e. The third-order valence-corrected chi connectivity index (χ3v) is 6.28. The zero-order valence-corrected chi connectivity index (χ0v) is 21.4. The number of benzene rings is 2. The molecule has 0 spiro atoms. The lowest BCUT2D eigenvalue weighted by Gasteiger charge is -2.04. The van der Waals surface area contributed by atoms with Gasteiger partial charge in [0.25, 0.3) is 5.69 Å². The number of pyridine rings is 2. The summed E-state index contributed by atoms with van der Waals surface area (Å²) in [5.41, 5.74) is 5.48. The van der Waals surface area contributed by atoms with E-state index >= 15 is 0 Å². The van der Waals surface area contributed by atoms with Crippen molar-refractivity contribution < 1.29 is 32.1 Å². The molecule has 8 heteroatoms. The van der Waals surface area contributed by atoms with Crippen LogP contribution in [-0.2, 0) is 25.7 Å². The average Bonchev–Trinajstić information content (AvgIpc) is 3.00. The Hall–Kier alpha value is -3.25. The maximum absolute atomic E-state index is 12.3. The standard InChI is InChI=1S/C14H12ClNO2.C14H10ClNO.ClH/c15-12-5-1-3-10(9-12)6-7-11-4-2-8-16-13(11)14(17)18;15-11-5-6-12-10(8-11)4-3-9-2-1-7-16-13(9)14(12)17;/h1-5,8-9H,6-7H2,(H,17,18);1-2,5-8H,3-4H2;1H. The van der Waals surface area contributed by atoms with E-state index in [1.807, 2.05) is 48.5 Å². The molecule has 0 fully saturated rings. The Bertz CT molecular complexity index is 1390. The van der Waals surface area contributed by atoms with Gasteiger partial charge in [-0.05, 0) is 84.8 Å². The molecular formula is C28H23Cl3N2O3. The van der Waals surface area contributed by atoms with Crippen molar-refractivity contribution in [2.45, 2.75) is 25.7 Å². The fraction of sp³-hybridized carbons (Fsp3) is 0.143. The third kappa shape index (κ3) is 6.70. The molecule has 5 nitrogen and oxygen atoms in total. The second-order valence-electron chi connectivity index (χ2n) is 8.15. The number of aromatic amines is 1. The maximum Gasteiger partial charge on any atom is 0.401 e. The van der Waals surface area contributed by atoms with Gasteiger partial charge < -0.3 is 17.5 Å². The van der Waals surface area contributed by atoms with Gasteiger partial charge in [0, 0.05) is 33.4 Å². The summed E-state index contributed by atoms with van der Waals surface area (Å²) in [7, 11) is 0. The van der Waals surface area contributed by atoms with Crippen LogP contribution in [0.3, 0.4) is 0 Å². The summed E-state index contributed by atoms with van der Waals surface area (Å²) in [6.07, 6.45) is 6.38. The number of halogens is 3. The first-order chi connectivity index (χ1) is 16.9. The molecule has 2 N–H and O–H groups in total. The summed E-state index contributed by atoms with van der Waals surface area (Å²) in [5, 5.41) is 10.4. The number of fused-ring (bicyclic) bond motifs is 2. The zero-order chi connectivity index (χ0) is 24.8. The van der Waals surface area contributed by atoms with Crippen molar-refractivity contribution in [1.29, 1.82) is 0 Å². The number of aromatic nitrogens is 2. The van der Waals surface area contributed by atoms with E-state index in [9.17, 15) is 9.59 Å². The molecule has 0 atom stereocenters. The Morgan fingerprint density at radius 3 is 2.47 bits per heavy atom. The van der Waals surface area contributed by atoms with Crippen molar-refractivity contribution in [2.75, 3.05) is 0 Å². The quantitative estimate of drug-likeness (QED) is 0.431. The number of hydrogen-bond donors (Lipinski definition) is 1. The van der Waals surface area contributed by atoms with Gasteiger partial charge in [-0.1, -0.05) is 41.4 Å². The summed E-state index contributed by atoms with van der Waals surface area (Å²) < 4.78 is 0. The van der Waals surface area contributed by atoms with E-state index in [1.165, 1.54) is 0 Å². The van der Waals surface area contributed by atoms with Gasteiger partial charge in [-0.25, -0.2) is 9.78 Å². The number of carbonyl (C=O) groups excluding carboxylic acids is 1. The molecule has 184 valence electrons. The van der Waals surface area contributed by atoms with Crippen LogP contribution in [0.4, 0.5) is 0 Å². The molecule has 2 aromatic carbocycles. The van der Waals surface area contributed by atoms with Crippen molar-refractivity contribution in [2.24, 2.45) is 0 Å². The molecule has 0 unspecified atom stereocenters. The van der Waals surface area contributed by atoms with Crippen LogP contribution in [0.1, 0.15) is 48.8 Å². The summed E-state index contributed by atoms with van der Waals surface area (Å²) >= 11 is 11.9. The molecule has 0 saturated carbocycles. The summed E-state index contributed by atoms with van der Waals surface area (Å²) in [6, 6.07) is 20.5. The van der Waals surface area contributed by atoms with E-state index in [1.54, 1.807) is 30.6 Å². The van der Waals surface area contributed by atoms with Crippen molar-refractivity contribution in [3.05, 3.63) is 128 Å². The predicted molar refractivity (Wildman–Crippen MR) is 135 cm³/mol. The molecule has 0 amide bonds. The minimum atomic E-state index is -0.934. The van der Waals surface area contributed by atoms with Gasteiger partial charge in [-0.2, -0.15) is 0 Å². The molecule has 0 saturated heterocycles. The number of aromatic carboxylic acids is 1. The molecule has 4 aromatic rings. The van der Waals surface area contributed by atoms with Crippen LogP contribution in [0.2, 0.25) is 10.0 Å². The van der Waals surface area contributed by atoms with Crippen LogP contribution in [0.5, 0.6) is 0 Å². The van der Waals surface area contributed by atoms with E-state index in [0.29, 0.717) is 22.2 Å². The minimum absolute atomic E-state index is 0. The van der Waals surface area contributed by atoms with E-state index in [0.717, 1.165) is 47.1 Å². The molecular weight excluding hydrogens is 519 g/mol. The molecule has 1 aliphatic carbocycles. The van der Waals surface area contributed by atoms with Gasteiger partial charge in [-0.15, -0.1) is 0 Å². The third-order valence-electron chi connectivity index (χ3n) is 5.81. The number of rotatable bonds is 4. The highest BCUT2D eigenvalue weighted by molar-refractivity contribution is 6.31. The fourth-order valence-corrected chi connectivity index (χ4v) is 4.49. The number of carboxylic acids is 1. The lowest BCUT2D eigenvalue weighted by atomic mass is 10.0. The monoisotopic (exact) mass is 540 g/mol. The Balaban J connectivity index is 0.000000195. The fourth-order valence-electron chi connectivity index (χ4n) is 4.08. The number of aryl methyl sites for hydroxylation is 4. The van der Waals surface area contributed by atoms with Gasteiger partial charge in [0.2, 0.25) is 5.78 Å². The van der Waals surface area contributed by atoms with Gasteiger partial charge in [0.15, 0.2) is 6.20 Å². The highest BCUT2D eigenvalue weighted by atomic mass is 35.5. The van der Waals surface area contributed by atoms with Crippen molar-refractivity contribution in [3.8, 4) is 0 Å². The van der Waals surface area contributed by atoms with E-state index in [4.69, 9.17) is 28.3 Å². The molecule has 2 heterocycles. The molecule has 5 rings (SSSR count). The number of H-pyrrole nitrogens is 1. The minimum Gasteiger partial charge on any atom is -1.00 e.